The van der Waals surface area contributed by atoms with Crippen LogP contribution in [-0.2, 0) is 0 Å². The molecule has 6 heteroatoms. The van der Waals surface area contributed by atoms with Gasteiger partial charge < -0.3 is 9.80 Å². The van der Waals surface area contributed by atoms with E-state index in [1.807, 2.05) is 24.3 Å². The van der Waals surface area contributed by atoms with Crippen molar-refractivity contribution in [2.45, 2.75) is 0 Å². The minimum Gasteiger partial charge on any atom is -0.367 e. The van der Waals surface area contributed by atoms with Gasteiger partial charge in [-0.1, -0.05) is 12.1 Å². The van der Waals surface area contributed by atoms with Crippen molar-refractivity contribution in [2.24, 2.45) is 0 Å². The summed E-state index contributed by atoms with van der Waals surface area (Å²) in [5, 5.41) is 9.77. The van der Waals surface area contributed by atoms with Crippen LogP contribution in [0, 0.1) is 23.0 Å². The molecule has 4 nitrogen and oxygen atoms in total. The summed E-state index contributed by atoms with van der Waals surface area (Å²) in [6.45, 7) is 2.83. The standard InChI is InChI=1S/C20H16F2N4/c21-15-11-16-19(5-6-24-20(16)17(22)12-15)26-9-7-25(8-10-26)18-4-2-1-3-14(18)13-23/h1-6,11-12H,7-10H2. The van der Waals surface area contributed by atoms with Crippen LogP contribution < -0.4 is 9.80 Å². The molecule has 1 aliphatic rings. The van der Waals surface area contributed by atoms with Crippen molar-refractivity contribution in [1.29, 1.82) is 5.26 Å². The van der Waals surface area contributed by atoms with Crippen LogP contribution in [0.2, 0.25) is 0 Å². The van der Waals surface area contributed by atoms with E-state index >= 15 is 0 Å². The van der Waals surface area contributed by atoms with Crippen LogP contribution in [0.4, 0.5) is 20.2 Å². The fourth-order valence-corrected chi connectivity index (χ4v) is 3.47. The lowest BCUT2D eigenvalue weighted by atomic mass is 10.1. The molecule has 0 N–H and O–H groups in total. The molecule has 130 valence electrons. The number of halogens is 2. The Hall–Kier alpha value is -3.20. The van der Waals surface area contributed by atoms with Gasteiger partial charge >= 0.3 is 0 Å². The molecular weight excluding hydrogens is 334 g/mol. The van der Waals surface area contributed by atoms with Crippen LogP contribution in [0.5, 0.6) is 0 Å². The molecule has 3 aromatic rings. The number of hydrogen-bond donors (Lipinski definition) is 0. The second-order valence-electron chi connectivity index (χ2n) is 6.22. The maximum atomic E-state index is 14.0. The van der Waals surface area contributed by atoms with Crippen LogP contribution in [0.25, 0.3) is 10.9 Å². The van der Waals surface area contributed by atoms with Crippen LogP contribution in [0.15, 0.2) is 48.7 Å². The molecule has 0 atom stereocenters. The average Bonchev–Trinajstić information content (AvgIpc) is 2.67. The van der Waals surface area contributed by atoms with Gasteiger partial charge in [0.2, 0.25) is 0 Å². The van der Waals surface area contributed by atoms with Crippen molar-refractivity contribution in [2.75, 3.05) is 36.0 Å². The second-order valence-corrected chi connectivity index (χ2v) is 6.22. The molecule has 26 heavy (non-hydrogen) atoms. The Morgan fingerprint density at radius 1 is 0.923 bits per heavy atom. The van der Waals surface area contributed by atoms with Gasteiger partial charge in [0.05, 0.1) is 11.3 Å². The number of nitriles is 1. The first-order valence-electron chi connectivity index (χ1n) is 8.40. The predicted molar refractivity (Wildman–Crippen MR) is 97.2 cm³/mol. The van der Waals surface area contributed by atoms with E-state index in [4.69, 9.17) is 0 Å². The van der Waals surface area contributed by atoms with E-state index in [9.17, 15) is 14.0 Å². The van der Waals surface area contributed by atoms with Gasteiger partial charge in [0, 0.05) is 49.5 Å². The van der Waals surface area contributed by atoms with Crippen LogP contribution in [0.1, 0.15) is 5.56 Å². The van der Waals surface area contributed by atoms with Crippen molar-refractivity contribution in [3.8, 4) is 6.07 Å². The molecule has 0 saturated carbocycles. The third-order valence-corrected chi connectivity index (χ3v) is 4.73. The summed E-state index contributed by atoms with van der Waals surface area (Å²) in [5.41, 5.74) is 2.54. The van der Waals surface area contributed by atoms with Gasteiger partial charge in [-0.25, -0.2) is 8.78 Å². The monoisotopic (exact) mass is 350 g/mol. The van der Waals surface area contributed by atoms with Gasteiger partial charge in [-0.3, -0.25) is 4.98 Å². The van der Waals surface area contributed by atoms with Crippen molar-refractivity contribution in [3.05, 3.63) is 65.9 Å². The summed E-state index contributed by atoms with van der Waals surface area (Å²) in [6, 6.07) is 13.7. The Bertz CT molecular complexity index is 1000. The van der Waals surface area contributed by atoms with E-state index in [0.717, 1.165) is 30.5 Å². The highest BCUT2D eigenvalue weighted by Crippen LogP contribution is 2.30. The van der Waals surface area contributed by atoms with Gasteiger partial charge in [0.1, 0.15) is 17.4 Å². The topological polar surface area (TPSA) is 43.2 Å². The lowest BCUT2D eigenvalue weighted by Crippen LogP contribution is -2.46. The van der Waals surface area contributed by atoms with Crippen LogP contribution >= 0.6 is 0 Å². The molecule has 1 aromatic heterocycles. The first-order valence-corrected chi connectivity index (χ1v) is 8.40. The summed E-state index contributed by atoms with van der Waals surface area (Å²) in [5.74, 6) is -1.26. The Morgan fingerprint density at radius 3 is 2.35 bits per heavy atom. The quantitative estimate of drug-likeness (QED) is 0.707. The third kappa shape index (κ3) is 2.82. The number of nitrogens with zero attached hydrogens (tertiary/aromatic N) is 4. The number of benzene rings is 2. The summed E-state index contributed by atoms with van der Waals surface area (Å²) < 4.78 is 27.7. The zero-order valence-corrected chi connectivity index (χ0v) is 14.0. The maximum Gasteiger partial charge on any atom is 0.152 e. The summed E-state index contributed by atoms with van der Waals surface area (Å²) in [7, 11) is 0. The maximum absolute atomic E-state index is 14.0. The van der Waals surface area contributed by atoms with Crippen molar-refractivity contribution in [3.63, 3.8) is 0 Å². The van der Waals surface area contributed by atoms with Gasteiger partial charge in [-0.2, -0.15) is 5.26 Å². The fourth-order valence-electron chi connectivity index (χ4n) is 3.47. The summed E-state index contributed by atoms with van der Waals surface area (Å²) >= 11 is 0. The number of rotatable bonds is 2. The number of aromatic nitrogens is 1. The minimum absolute atomic E-state index is 0.182. The molecule has 0 amide bonds. The van der Waals surface area contributed by atoms with E-state index < -0.39 is 11.6 Å². The molecular formula is C20H16F2N4. The Balaban J connectivity index is 1.61. The number of fused-ring (bicyclic) bond motifs is 1. The fraction of sp³-hybridized carbons (Fsp3) is 0.200. The third-order valence-electron chi connectivity index (χ3n) is 4.73. The number of hydrogen-bond acceptors (Lipinski definition) is 4. The molecule has 0 bridgehead atoms. The van der Waals surface area contributed by atoms with Crippen molar-refractivity contribution >= 4 is 22.3 Å². The van der Waals surface area contributed by atoms with E-state index in [1.54, 1.807) is 12.3 Å². The zero-order chi connectivity index (χ0) is 18.1. The van der Waals surface area contributed by atoms with Crippen molar-refractivity contribution < 1.29 is 8.78 Å². The van der Waals surface area contributed by atoms with Gasteiger partial charge in [-0.15, -0.1) is 0 Å². The molecule has 0 unspecified atom stereocenters. The first-order chi connectivity index (χ1) is 12.7. The molecule has 1 saturated heterocycles. The van der Waals surface area contributed by atoms with Gasteiger partial charge in [0.25, 0.3) is 0 Å². The molecule has 1 fully saturated rings. The minimum atomic E-state index is -0.650. The number of piperazine rings is 1. The highest BCUT2D eigenvalue weighted by Gasteiger charge is 2.21. The molecule has 0 spiro atoms. The SMILES string of the molecule is N#Cc1ccccc1N1CCN(c2ccnc3c(F)cc(F)cc23)CC1. The highest BCUT2D eigenvalue weighted by atomic mass is 19.1. The smallest absolute Gasteiger partial charge is 0.152 e. The summed E-state index contributed by atoms with van der Waals surface area (Å²) in [4.78, 5) is 8.32. The first kappa shape index (κ1) is 16.3. The lowest BCUT2D eigenvalue weighted by molar-refractivity contribution is 0.590. The molecule has 2 aromatic carbocycles. The summed E-state index contributed by atoms with van der Waals surface area (Å²) in [6.07, 6.45) is 1.55. The number of para-hydroxylation sites is 1. The van der Waals surface area contributed by atoms with E-state index in [-0.39, 0.29) is 5.52 Å². The molecule has 0 radical (unpaired) electrons. The second kappa shape index (κ2) is 6.60. The zero-order valence-electron chi connectivity index (χ0n) is 14.0. The molecule has 4 rings (SSSR count). The molecule has 2 heterocycles. The van der Waals surface area contributed by atoms with E-state index in [1.165, 1.54) is 6.07 Å². The number of pyridine rings is 1. The van der Waals surface area contributed by atoms with Crippen molar-refractivity contribution in [1.82, 2.24) is 4.98 Å². The molecule has 0 aliphatic carbocycles. The normalized spacial score (nSPS) is 14.5. The Labute approximate surface area is 149 Å². The molecule has 1 aliphatic heterocycles. The Morgan fingerprint density at radius 2 is 1.62 bits per heavy atom. The van der Waals surface area contributed by atoms with Gasteiger partial charge in [-0.05, 0) is 24.3 Å². The van der Waals surface area contributed by atoms with Crippen LogP contribution in [-0.4, -0.2) is 31.2 Å². The lowest BCUT2D eigenvalue weighted by Gasteiger charge is -2.38. The van der Waals surface area contributed by atoms with E-state index in [2.05, 4.69) is 20.9 Å². The average molecular weight is 350 g/mol. The van der Waals surface area contributed by atoms with Crippen LogP contribution in [0.3, 0.4) is 0 Å². The van der Waals surface area contributed by atoms with E-state index in [0.29, 0.717) is 24.0 Å². The number of anilines is 2. The van der Waals surface area contributed by atoms with Gasteiger partial charge in [0.15, 0.2) is 5.82 Å². The Kier molecular flexibility index (Phi) is 4.13. The largest absolute Gasteiger partial charge is 0.367 e. The predicted octanol–water partition coefficient (Wildman–Crippen LogP) is 3.71. The highest BCUT2D eigenvalue weighted by molar-refractivity contribution is 5.92.